The van der Waals surface area contributed by atoms with E-state index < -0.39 is 0 Å². The maximum Gasteiger partial charge on any atom is 0.123 e. The molecule has 0 bridgehead atoms. The Morgan fingerprint density at radius 1 is 0.889 bits per heavy atom. The minimum absolute atomic E-state index is 0.198. The normalized spacial score (nSPS) is 15.4. The standard InChI is InChI=1S/C16H14ClF/c17-16(12-6-8-15(18)9-7-12)14-5-4-11-2-1-3-13(11)10-14/h4-10,16H,1-3H2. The highest BCUT2D eigenvalue weighted by Gasteiger charge is 2.15. The van der Waals surface area contributed by atoms with Gasteiger partial charge in [-0.05, 0) is 53.6 Å². The molecular formula is C16H14ClF. The fourth-order valence-electron chi connectivity index (χ4n) is 2.57. The molecule has 18 heavy (non-hydrogen) atoms. The van der Waals surface area contributed by atoms with Crippen LogP contribution in [0.15, 0.2) is 42.5 Å². The molecule has 0 nitrogen and oxygen atoms in total. The maximum absolute atomic E-state index is 12.9. The van der Waals surface area contributed by atoms with E-state index in [1.807, 2.05) is 0 Å². The Labute approximate surface area is 111 Å². The van der Waals surface area contributed by atoms with Crippen LogP contribution < -0.4 is 0 Å². The van der Waals surface area contributed by atoms with Crippen molar-refractivity contribution in [3.05, 3.63) is 70.5 Å². The summed E-state index contributed by atoms with van der Waals surface area (Å²) in [6.07, 6.45) is 3.57. The number of halogens is 2. The van der Waals surface area contributed by atoms with E-state index in [1.165, 1.54) is 36.1 Å². The molecule has 0 amide bonds. The van der Waals surface area contributed by atoms with Crippen molar-refractivity contribution in [3.63, 3.8) is 0 Å². The van der Waals surface area contributed by atoms with E-state index in [0.29, 0.717) is 0 Å². The molecule has 0 N–H and O–H groups in total. The summed E-state index contributed by atoms with van der Waals surface area (Å²) in [5.74, 6) is -0.225. The molecule has 0 aliphatic heterocycles. The van der Waals surface area contributed by atoms with E-state index in [4.69, 9.17) is 11.6 Å². The van der Waals surface area contributed by atoms with Gasteiger partial charge in [0.25, 0.3) is 0 Å². The lowest BCUT2D eigenvalue weighted by molar-refractivity contribution is 0.627. The Kier molecular flexibility index (Phi) is 3.09. The number of rotatable bonds is 2. The van der Waals surface area contributed by atoms with E-state index in [-0.39, 0.29) is 11.2 Å². The van der Waals surface area contributed by atoms with Crippen molar-refractivity contribution in [2.75, 3.05) is 0 Å². The van der Waals surface area contributed by atoms with Crippen LogP contribution in [0.1, 0.15) is 34.1 Å². The number of aryl methyl sites for hydroxylation is 2. The molecule has 1 atom stereocenters. The molecule has 0 saturated carbocycles. The minimum Gasteiger partial charge on any atom is -0.207 e. The predicted octanol–water partition coefficient (Wildman–Crippen LogP) is 4.64. The zero-order valence-electron chi connectivity index (χ0n) is 10.00. The van der Waals surface area contributed by atoms with E-state index in [0.717, 1.165) is 17.5 Å². The lowest BCUT2D eigenvalue weighted by atomic mass is 10.00. The van der Waals surface area contributed by atoms with Crippen LogP contribution in [0.3, 0.4) is 0 Å². The molecule has 3 rings (SSSR count). The summed E-state index contributed by atoms with van der Waals surface area (Å²) in [4.78, 5) is 0. The second-order valence-electron chi connectivity index (χ2n) is 4.80. The fourth-order valence-corrected chi connectivity index (χ4v) is 2.85. The van der Waals surface area contributed by atoms with E-state index in [2.05, 4.69) is 18.2 Å². The van der Waals surface area contributed by atoms with Crippen molar-refractivity contribution in [1.82, 2.24) is 0 Å². The molecule has 0 spiro atoms. The second kappa shape index (κ2) is 4.74. The Hall–Kier alpha value is -1.34. The SMILES string of the molecule is Fc1ccc(C(Cl)c2ccc3c(c2)CCC3)cc1. The summed E-state index contributed by atoms with van der Waals surface area (Å²) < 4.78 is 12.9. The van der Waals surface area contributed by atoms with Crippen LogP contribution in [0.25, 0.3) is 0 Å². The molecule has 1 aliphatic carbocycles. The van der Waals surface area contributed by atoms with Crippen molar-refractivity contribution in [2.45, 2.75) is 24.6 Å². The number of hydrogen-bond acceptors (Lipinski definition) is 0. The summed E-state index contributed by atoms with van der Waals surface area (Å²) in [6.45, 7) is 0. The summed E-state index contributed by atoms with van der Waals surface area (Å²) in [5.41, 5.74) is 4.90. The fraction of sp³-hybridized carbons (Fsp3) is 0.250. The third-order valence-electron chi connectivity index (χ3n) is 3.58. The molecule has 0 aromatic heterocycles. The third kappa shape index (κ3) is 2.15. The Bertz CT molecular complexity index is 560. The van der Waals surface area contributed by atoms with Gasteiger partial charge in [-0.1, -0.05) is 30.3 Å². The summed E-state index contributed by atoms with van der Waals surface area (Å²) >= 11 is 6.46. The molecule has 92 valence electrons. The first-order valence-corrected chi connectivity index (χ1v) is 6.69. The van der Waals surface area contributed by atoms with Gasteiger partial charge in [0.05, 0.1) is 5.38 Å². The second-order valence-corrected chi connectivity index (χ2v) is 5.23. The molecule has 2 heteroatoms. The van der Waals surface area contributed by atoms with Crippen molar-refractivity contribution in [2.24, 2.45) is 0 Å². The van der Waals surface area contributed by atoms with E-state index in [1.54, 1.807) is 12.1 Å². The first-order valence-electron chi connectivity index (χ1n) is 6.25. The van der Waals surface area contributed by atoms with Crippen LogP contribution in [0.2, 0.25) is 0 Å². The van der Waals surface area contributed by atoms with Crippen LogP contribution in [0.4, 0.5) is 4.39 Å². The Morgan fingerprint density at radius 2 is 1.56 bits per heavy atom. The van der Waals surface area contributed by atoms with Crippen molar-refractivity contribution in [1.29, 1.82) is 0 Å². The zero-order valence-corrected chi connectivity index (χ0v) is 10.8. The van der Waals surface area contributed by atoms with Gasteiger partial charge < -0.3 is 0 Å². The quantitative estimate of drug-likeness (QED) is 0.690. The lowest BCUT2D eigenvalue weighted by Gasteiger charge is -2.12. The van der Waals surface area contributed by atoms with Crippen molar-refractivity contribution in [3.8, 4) is 0 Å². The van der Waals surface area contributed by atoms with Crippen molar-refractivity contribution >= 4 is 11.6 Å². The lowest BCUT2D eigenvalue weighted by Crippen LogP contribution is -1.95. The summed E-state index contributed by atoms with van der Waals surface area (Å²) in [5, 5.41) is -0.198. The van der Waals surface area contributed by atoms with Crippen molar-refractivity contribution < 1.29 is 4.39 Å². The number of alkyl halides is 1. The first-order chi connectivity index (χ1) is 8.74. The monoisotopic (exact) mass is 260 g/mol. The summed E-state index contributed by atoms with van der Waals surface area (Å²) in [7, 11) is 0. The van der Waals surface area contributed by atoms with E-state index in [9.17, 15) is 4.39 Å². The smallest absolute Gasteiger partial charge is 0.123 e. The first kappa shape index (κ1) is 11.7. The third-order valence-corrected chi connectivity index (χ3v) is 4.08. The Balaban J connectivity index is 1.92. The molecule has 1 unspecified atom stereocenters. The van der Waals surface area contributed by atoms with Crippen LogP contribution in [-0.2, 0) is 12.8 Å². The molecule has 1 aliphatic rings. The Morgan fingerprint density at radius 3 is 2.33 bits per heavy atom. The number of fused-ring (bicyclic) bond motifs is 1. The molecule has 0 fully saturated rings. The molecule has 0 radical (unpaired) electrons. The summed E-state index contributed by atoms with van der Waals surface area (Å²) in [6, 6.07) is 12.9. The molecule has 0 heterocycles. The molecule has 2 aromatic carbocycles. The van der Waals surface area contributed by atoms with Gasteiger partial charge in [0.2, 0.25) is 0 Å². The highest BCUT2D eigenvalue weighted by molar-refractivity contribution is 6.22. The zero-order chi connectivity index (χ0) is 12.5. The highest BCUT2D eigenvalue weighted by Crippen LogP contribution is 2.32. The van der Waals surface area contributed by atoms with Crippen LogP contribution >= 0.6 is 11.6 Å². The van der Waals surface area contributed by atoms with Gasteiger partial charge in [-0.15, -0.1) is 11.6 Å². The van der Waals surface area contributed by atoms with Gasteiger partial charge in [0.15, 0.2) is 0 Å². The van der Waals surface area contributed by atoms with E-state index >= 15 is 0 Å². The predicted molar refractivity (Wildman–Crippen MR) is 72.6 cm³/mol. The average molecular weight is 261 g/mol. The molecule has 0 saturated heterocycles. The van der Waals surface area contributed by atoms with Crippen LogP contribution in [0, 0.1) is 5.82 Å². The minimum atomic E-state index is -0.225. The highest BCUT2D eigenvalue weighted by atomic mass is 35.5. The number of benzene rings is 2. The van der Waals surface area contributed by atoms with Gasteiger partial charge in [0.1, 0.15) is 5.82 Å². The van der Waals surface area contributed by atoms with Crippen LogP contribution in [0.5, 0.6) is 0 Å². The van der Waals surface area contributed by atoms with Gasteiger partial charge in [-0.25, -0.2) is 4.39 Å². The maximum atomic E-state index is 12.9. The van der Waals surface area contributed by atoms with Gasteiger partial charge in [-0.2, -0.15) is 0 Å². The van der Waals surface area contributed by atoms with Gasteiger partial charge in [-0.3, -0.25) is 0 Å². The molecular weight excluding hydrogens is 247 g/mol. The van der Waals surface area contributed by atoms with Gasteiger partial charge in [0, 0.05) is 0 Å². The largest absolute Gasteiger partial charge is 0.207 e. The average Bonchev–Trinajstić information content (AvgIpc) is 2.86. The van der Waals surface area contributed by atoms with Crippen LogP contribution in [-0.4, -0.2) is 0 Å². The molecule has 2 aromatic rings. The van der Waals surface area contributed by atoms with Gasteiger partial charge >= 0.3 is 0 Å². The number of hydrogen-bond donors (Lipinski definition) is 0. The topological polar surface area (TPSA) is 0 Å².